The molecule has 0 saturated heterocycles. The first-order valence-electron chi connectivity index (χ1n) is 7.63. The number of nitrogens with zero attached hydrogens (tertiary/aromatic N) is 1. The molecule has 0 heterocycles. The highest BCUT2D eigenvalue weighted by molar-refractivity contribution is 7.99. The standard InChI is InChI=1S/C17H17FN2O5S/c18-12-3-1-11(2-4-12)5-17(23)19-13-6-14(20(24)25)8-16(7-13)26-10-15(22)9-21/h1-4,6-8,15,21-22H,5,9-10H2,(H,19,23)/t15-/m1/s1. The van der Waals surface area contributed by atoms with Gasteiger partial charge in [0.2, 0.25) is 5.91 Å². The van der Waals surface area contributed by atoms with Crippen LogP contribution in [0.5, 0.6) is 0 Å². The number of carbonyl (C=O) groups is 1. The Labute approximate surface area is 153 Å². The number of carbonyl (C=O) groups excluding carboxylic acids is 1. The molecule has 3 N–H and O–H groups in total. The van der Waals surface area contributed by atoms with Crippen LogP contribution >= 0.6 is 11.8 Å². The van der Waals surface area contributed by atoms with Gasteiger partial charge in [0.25, 0.3) is 5.69 Å². The SMILES string of the molecule is O=C(Cc1ccc(F)cc1)Nc1cc(SC[C@H](O)CO)cc([N+](=O)[O-])c1. The van der Waals surface area contributed by atoms with Crippen molar-refractivity contribution in [2.45, 2.75) is 17.4 Å². The van der Waals surface area contributed by atoms with Gasteiger partial charge in [-0.05, 0) is 23.8 Å². The molecule has 0 radical (unpaired) electrons. The Hall–Kier alpha value is -2.49. The lowest BCUT2D eigenvalue weighted by Crippen LogP contribution is -2.15. The van der Waals surface area contributed by atoms with E-state index < -0.39 is 29.4 Å². The van der Waals surface area contributed by atoms with Crippen molar-refractivity contribution in [3.63, 3.8) is 0 Å². The minimum absolute atomic E-state index is 0.00528. The second-order valence-electron chi connectivity index (χ2n) is 5.47. The summed E-state index contributed by atoms with van der Waals surface area (Å²) in [6, 6.07) is 9.57. The predicted octanol–water partition coefficient (Wildman–Crippen LogP) is 2.36. The first-order chi connectivity index (χ1) is 12.4. The Morgan fingerprint density at radius 2 is 1.96 bits per heavy atom. The lowest BCUT2D eigenvalue weighted by Gasteiger charge is -2.10. The average molecular weight is 380 g/mol. The third kappa shape index (κ3) is 6.10. The zero-order chi connectivity index (χ0) is 19.1. The number of halogens is 1. The van der Waals surface area contributed by atoms with E-state index >= 15 is 0 Å². The van der Waals surface area contributed by atoms with Crippen molar-refractivity contribution in [2.24, 2.45) is 0 Å². The Morgan fingerprint density at radius 3 is 2.58 bits per heavy atom. The van der Waals surface area contributed by atoms with E-state index in [1.54, 1.807) is 6.07 Å². The van der Waals surface area contributed by atoms with Gasteiger partial charge in [0, 0.05) is 28.5 Å². The molecule has 0 aromatic heterocycles. The van der Waals surface area contributed by atoms with Crippen molar-refractivity contribution in [3.8, 4) is 0 Å². The number of amides is 1. The van der Waals surface area contributed by atoms with Crippen molar-refractivity contribution in [3.05, 3.63) is 64.0 Å². The van der Waals surface area contributed by atoms with Crippen LogP contribution in [0.2, 0.25) is 0 Å². The monoisotopic (exact) mass is 380 g/mol. The summed E-state index contributed by atoms with van der Waals surface area (Å²) in [6.45, 7) is -0.414. The van der Waals surface area contributed by atoms with Crippen LogP contribution in [0.1, 0.15) is 5.56 Å². The fraction of sp³-hybridized carbons (Fsp3) is 0.235. The second kappa shape index (κ2) is 9.27. The smallest absolute Gasteiger partial charge is 0.272 e. The van der Waals surface area contributed by atoms with Crippen LogP contribution in [-0.2, 0) is 11.2 Å². The molecule has 7 nitrogen and oxygen atoms in total. The Kier molecular flexibility index (Phi) is 7.07. The number of anilines is 1. The van der Waals surface area contributed by atoms with E-state index in [2.05, 4.69) is 5.32 Å². The van der Waals surface area contributed by atoms with E-state index in [-0.39, 0.29) is 23.5 Å². The van der Waals surface area contributed by atoms with Crippen molar-refractivity contribution < 1.29 is 24.3 Å². The number of hydrogen-bond donors (Lipinski definition) is 3. The molecule has 2 aromatic carbocycles. The lowest BCUT2D eigenvalue weighted by molar-refractivity contribution is -0.385. The van der Waals surface area contributed by atoms with E-state index in [1.165, 1.54) is 36.4 Å². The highest BCUT2D eigenvalue weighted by Gasteiger charge is 2.13. The van der Waals surface area contributed by atoms with E-state index in [0.29, 0.717) is 10.5 Å². The first kappa shape index (κ1) is 19.8. The quantitative estimate of drug-likeness (QED) is 0.368. The molecular weight excluding hydrogens is 363 g/mol. The maximum absolute atomic E-state index is 12.9. The average Bonchev–Trinajstić information content (AvgIpc) is 2.61. The minimum Gasteiger partial charge on any atom is -0.394 e. The summed E-state index contributed by atoms with van der Waals surface area (Å²) in [5.74, 6) is -0.649. The molecule has 1 atom stereocenters. The number of nitro groups is 1. The number of thioether (sulfide) groups is 1. The summed E-state index contributed by atoms with van der Waals surface area (Å²) in [7, 11) is 0. The number of hydrogen-bond acceptors (Lipinski definition) is 6. The van der Waals surface area contributed by atoms with Crippen LogP contribution in [0.3, 0.4) is 0 Å². The fourth-order valence-corrected chi connectivity index (χ4v) is 2.99. The maximum Gasteiger partial charge on any atom is 0.272 e. The summed E-state index contributed by atoms with van der Waals surface area (Å²) in [6.07, 6.45) is -0.954. The molecule has 2 rings (SSSR count). The van der Waals surface area contributed by atoms with Crippen molar-refractivity contribution in [2.75, 3.05) is 17.7 Å². The molecular formula is C17H17FN2O5S. The molecule has 0 aliphatic carbocycles. The molecule has 138 valence electrons. The van der Waals surface area contributed by atoms with Gasteiger partial charge in [-0.1, -0.05) is 12.1 Å². The predicted molar refractivity (Wildman–Crippen MR) is 95.6 cm³/mol. The molecule has 0 unspecified atom stereocenters. The largest absolute Gasteiger partial charge is 0.394 e. The lowest BCUT2D eigenvalue weighted by atomic mass is 10.1. The normalized spacial score (nSPS) is 11.8. The maximum atomic E-state index is 12.9. The highest BCUT2D eigenvalue weighted by atomic mass is 32.2. The zero-order valence-corrected chi connectivity index (χ0v) is 14.4. The van der Waals surface area contributed by atoms with Crippen LogP contribution in [0.15, 0.2) is 47.4 Å². The molecule has 0 aliphatic rings. The van der Waals surface area contributed by atoms with Gasteiger partial charge in [0.1, 0.15) is 5.82 Å². The van der Waals surface area contributed by atoms with Crippen molar-refractivity contribution >= 4 is 29.0 Å². The van der Waals surface area contributed by atoms with Gasteiger partial charge in [-0.15, -0.1) is 11.8 Å². The Bertz CT molecular complexity index is 785. The van der Waals surface area contributed by atoms with Gasteiger partial charge < -0.3 is 15.5 Å². The molecule has 0 aliphatic heterocycles. The van der Waals surface area contributed by atoms with Gasteiger partial charge in [-0.2, -0.15) is 0 Å². The van der Waals surface area contributed by atoms with Gasteiger partial charge in [-0.3, -0.25) is 14.9 Å². The first-order valence-corrected chi connectivity index (χ1v) is 8.61. The summed E-state index contributed by atoms with van der Waals surface area (Å²) in [4.78, 5) is 23.1. The van der Waals surface area contributed by atoms with Crippen LogP contribution in [0, 0.1) is 15.9 Å². The number of benzene rings is 2. The summed E-state index contributed by atoms with van der Waals surface area (Å²) in [5.41, 5.74) is 0.646. The summed E-state index contributed by atoms with van der Waals surface area (Å²) < 4.78 is 12.9. The number of nitrogens with one attached hydrogen (secondary N) is 1. The van der Waals surface area contributed by atoms with Crippen LogP contribution in [-0.4, -0.2) is 39.5 Å². The molecule has 0 spiro atoms. The summed E-state index contributed by atoms with van der Waals surface area (Å²) >= 11 is 1.12. The Morgan fingerprint density at radius 1 is 1.27 bits per heavy atom. The molecule has 0 bridgehead atoms. The van der Waals surface area contributed by atoms with Gasteiger partial charge in [0.15, 0.2) is 0 Å². The number of rotatable bonds is 8. The van der Waals surface area contributed by atoms with Gasteiger partial charge >= 0.3 is 0 Å². The molecule has 0 fully saturated rings. The number of nitro benzene ring substituents is 1. The minimum atomic E-state index is -0.948. The van der Waals surface area contributed by atoms with Gasteiger partial charge in [0.05, 0.1) is 24.1 Å². The van der Waals surface area contributed by atoms with E-state index in [0.717, 1.165) is 11.8 Å². The van der Waals surface area contributed by atoms with Crippen molar-refractivity contribution in [1.29, 1.82) is 0 Å². The van der Waals surface area contributed by atoms with Crippen LogP contribution in [0.25, 0.3) is 0 Å². The fourth-order valence-electron chi connectivity index (χ4n) is 2.08. The molecule has 9 heteroatoms. The number of aliphatic hydroxyl groups is 2. The Balaban J connectivity index is 2.10. The van der Waals surface area contributed by atoms with E-state index in [4.69, 9.17) is 5.11 Å². The third-order valence-corrected chi connectivity index (χ3v) is 4.44. The highest BCUT2D eigenvalue weighted by Crippen LogP contribution is 2.28. The number of non-ortho nitro benzene ring substituents is 1. The second-order valence-corrected chi connectivity index (χ2v) is 6.56. The molecule has 1 amide bonds. The van der Waals surface area contributed by atoms with Crippen LogP contribution in [0.4, 0.5) is 15.8 Å². The zero-order valence-electron chi connectivity index (χ0n) is 13.6. The van der Waals surface area contributed by atoms with E-state index in [1.807, 2.05) is 0 Å². The molecule has 2 aromatic rings. The molecule has 26 heavy (non-hydrogen) atoms. The van der Waals surface area contributed by atoms with Crippen LogP contribution < -0.4 is 5.32 Å². The number of aliphatic hydroxyl groups excluding tert-OH is 2. The van der Waals surface area contributed by atoms with E-state index in [9.17, 15) is 24.4 Å². The topological polar surface area (TPSA) is 113 Å². The van der Waals surface area contributed by atoms with Gasteiger partial charge in [-0.25, -0.2) is 4.39 Å². The van der Waals surface area contributed by atoms with Crippen molar-refractivity contribution in [1.82, 2.24) is 0 Å². The third-order valence-electron chi connectivity index (χ3n) is 3.32. The summed E-state index contributed by atoms with van der Waals surface area (Å²) in [5, 5.41) is 31.9. The molecule has 0 saturated carbocycles.